The summed E-state index contributed by atoms with van der Waals surface area (Å²) < 4.78 is 16.0. The highest BCUT2D eigenvalue weighted by atomic mass is 16.5. The first-order valence-corrected chi connectivity index (χ1v) is 8.97. The third kappa shape index (κ3) is 3.52. The molecule has 2 aromatic carbocycles. The fourth-order valence-electron chi connectivity index (χ4n) is 3.06. The number of benzene rings is 2. The maximum absolute atomic E-state index is 12.6. The van der Waals surface area contributed by atoms with Gasteiger partial charge in [0.25, 0.3) is 11.8 Å². The number of nitrogens with one attached hydrogen (secondary N) is 1. The van der Waals surface area contributed by atoms with E-state index in [-0.39, 0.29) is 11.6 Å². The molecule has 0 bridgehead atoms. The van der Waals surface area contributed by atoms with Crippen LogP contribution in [0.25, 0.3) is 11.3 Å². The predicted octanol–water partition coefficient (Wildman–Crippen LogP) is 3.35. The summed E-state index contributed by atoms with van der Waals surface area (Å²) in [4.78, 5) is 26.2. The van der Waals surface area contributed by atoms with Crippen molar-refractivity contribution in [2.45, 2.75) is 13.0 Å². The molecule has 8 nitrogen and oxygen atoms in total. The van der Waals surface area contributed by atoms with Gasteiger partial charge >= 0.3 is 0 Å². The summed E-state index contributed by atoms with van der Waals surface area (Å²) in [5.41, 5.74) is 2.02. The Morgan fingerprint density at radius 1 is 1.17 bits per heavy atom. The number of likely N-dealkylation sites (N-methyl/N-ethyl adjacent to an activating group) is 1. The Labute approximate surface area is 167 Å². The number of hydrogen-bond acceptors (Lipinski definition) is 6. The Kier molecular flexibility index (Phi) is 4.67. The number of methoxy groups -OCH3 is 1. The van der Waals surface area contributed by atoms with Gasteiger partial charge in [-0.15, -0.1) is 0 Å². The van der Waals surface area contributed by atoms with Crippen molar-refractivity contribution in [2.75, 3.05) is 24.4 Å². The van der Waals surface area contributed by atoms with Crippen LogP contribution in [0, 0.1) is 0 Å². The zero-order valence-electron chi connectivity index (χ0n) is 16.1. The van der Waals surface area contributed by atoms with Crippen LogP contribution < -0.4 is 19.7 Å². The Morgan fingerprint density at radius 2 is 1.93 bits per heavy atom. The van der Waals surface area contributed by atoms with E-state index in [0.29, 0.717) is 22.9 Å². The van der Waals surface area contributed by atoms with E-state index in [0.717, 1.165) is 11.3 Å². The Bertz CT molecular complexity index is 1070. The van der Waals surface area contributed by atoms with E-state index in [2.05, 4.69) is 10.5 Å². The lowest BCUT2D eigenvalue weighted by Gasteiger charge is -2.30. The molecular formula is C21H19N3O5. The van der Waals surface area contributed by atoms with E-state index in [1.807, 2.05) is 12.1 Å². The summed E-state index contributed by atoms with van der Waals surface area (Å²) in [6.07, 6.45) is -0.542. The van der Waals surface area contributed by atoms with E-state index in [1.54, 1.807) is 57.5 Å². The van der Waals surface area contributed by atoms with Crippen LogP contribution in [-0.4, -0.2) is 37.2 Å². The molecule has 8 heteroatoms. The van der Waals surface area contributed by atoms with E-state index < -0.39 is 12.0 Å². The first kappa shape index (κ1) is 18.5. The van der Waals surface area contributed by atoms with Gasteiger partial charge in [-0.05, 0) is 49.4 Å². The standard InChI is InChI=1S/C21H19N3O5/c1-12-21(26)24(2)17-10-14(6-9-18(17)28-12)22-20(25)16-11-19(29-23-16)13-4-7-15(27-3)8-5-13/h4-12H,1-3H3,(H,22,25). The third-order valence-electron chi connectivity index (χ3n) is 4.68. The second-order valence-corrected chi connectivity index (χ2v) is 6.60. The fraction of sp³-hybridized carbons (Fsp3) is 0.190. The molecule has 2 heterocycles. The van der Waals surface area contributed by atoms with Gasteiger partial charge in [-0.25, -0.2) is 0 Å². The quantitative estimate of drug-likeness (QED) is 0.731. The molecular weight excluding hydrogens is 374 g/mol. The third-order valence-corrected chi connectivity index (χ3v) is 4.68. The zero-order valence-corrected chi connectivity index (χ0v) is 16.1. The number of rotatable bonds is 4. The van der Waals surface area contributed by atoms with Crippen molar-refractivity contribution in [2.24, 2.45) is 0 Å². The topological polar surface area (TPSA) is 93.9 Å². The van der Waals surface area contributed by atoms with Gasteiger partial charge in [0.05, 0.1) is 12.8 Å². The van der Waals surface area contributed by atoms with E-state index in [9.17, 15) is 9.59 Å². The van der Waals surface area contributed by atoms with Crippen LogP contribution in [0.1, 0.15) is 17.4 Å². The van der Waals surface area contributed by atoms with Gasteiger partial charge < -0.3 is 24.2 Å². The van der Waals surface area contributed by atoms with Crippen LogP contribution in [0.15, 0.2) is 53.1 Å². The molecule has 1 unspecified atom stereocenters. The molecule has 1 aromatic heterocycles. The van der Waals surface area contributed by atoms with Crippen LogP contribution >= 0.6 is 0 Å². The highest BCUT2D eigenvalue weighted by molar-refractivity contribution is 6.05. The number of carbonyl (C=O) groups excluding carboxylic acids is 2. The highest BCUT2D eigenvalue weighted by Gasteiger charge is 2.29. The van der Waals surface area contributed by atoms with E-state index in [1.165, 1.54) is 4.90 Å². The number of nitrogens with zero attached hydrogens (tertiary/aromatic N) is 2. The van der Waals surface area contributed by atoms with Crippen molar-refractivity contribution in [1.29, 1.82) is 0 Å². The average molecular weight is 393 g/mol. The molecule has 29 heavy (non-hydrogen) atoms. The van der Waals surface area contributed by atoms with Crippen molar-refractivity contribution in [3.8, 4) is 22.8 Å². The molecule has 0 aliphatic carbocycles. The van der Waals surface area contributed by atoms with Crippen molar-refractivity contribution in [1.82, 2.24) is 5.16 Å². The lowest BCUT2D eigenvalue weighted by Crippen LogP contribution is -2.41. The molecule has 1 N–H and O–H groups in total. The fourth-order valence-corrected chi connectivity index (χ4v) is 3.06. The number of fused-ring (bicyclic) bond motifs is 1. The summed E-state index contributed by atoms with van der Waals surface area (Å²) in [6.45, 7) is 1.70. The normalized spacial score (nSPS) is 15.5. The van der Waals surface area contributed by atoms with Crippen molar-refractivity contribution >= 4 is 23.2 Å². The summed E-state index contributed by atoms with van der Waals surface area (Å²) in [5.74, 6) is 1.20. The van der Waals surface area contributed by atoms with Gasteiger partial charge in [-0.3, -0.25) is 9.59 Å². The lowest BCUT2D eigenvalue weighted by molar-refractivity contribution is -0.125. The first-order chi connectivity index (χ1) is 14.0. The molecule has 1 aliphatic rings. The molecule has 1 aliphatic heterocycles. The summed E-state index contributed by atoms with van der Waals surface area (Å²) in [5, 5.41) is 6.61. The number of anilines is 2. The summed E-state index contributed by atoms with van der Waals surface area (Å²) >= 11 is 0. The predicted molar refractivity (Wildman–Crippen MR) is 106 cm³/mol. The SMILES string of the molecule is COc1ccc(-c2cc(C(=O)Nc3ccc4c(c3)N(C)C(=O)C(C)O4)no2)cc1. The van der Waals surface area contributed by atoms with Gasteiger partial charge in [0.15, 0.2) is 17.6 Å². The smallest absolute Gasteiger partial charge is 0.277 e. The molecule has 0 saturated carbocycles. The molecule has 0 saturated heterocycles. The summed E-state index contributed by atoms with van der Waals surface area (Å²) in [6, 6.07) is 13.9. The number of hydrogen-bond donors (Lipinski definition) is 1. The Balaban J connectivity index is 1.52. The van der Waals surface area contributed by atoms with Crippen LogP contribution in [0.4, 0.5) is 11.4 Å². The van der Waals surface area contributed by atoms with E-state index in [4.69, 9.17) is 14.0 Å². The van der Waals surface area contributed by atoms with Gasteiger partial charge in [-0.1, -0.05) is 5.16 Å². The minimum atomic E-state index is -0.542. The minimum absolute atomic E-state index is 0.142. The second-order valence-electron chi connectivity index (χ2n) is 6.60. The monoisotopic (exact) mass is 393 g/mol. The first-order valence-electron chi connectivity index (χ1n) is 8.97. The van der Waals surface area contributed by atoms with Crippen LogP contribution in [0.3, 0.4) is 0 Å². The number of carbonyl (C=O) groups is 2. The average Bonchev–Trinajstić information content (AvgIpc) is 3.23. The molecule has 2 amide bonds. The van der Waals surface area contributed by atoms with Gasteiger partial charge in [0, 0.05) is 24.4 Å². The minimum Gasteiger partial charge on any atom is -0.497 e. The number of aromatic nitrogens is 1. The molecule has 0 radical (unpaired) electrons. The number of ether oxygens (including phenoxy) is 2. The maximum Gasteiger partial charge on any atom is 0.277 e. The largest absolute Gasteiger partial charge is 0.497 e. The molecule has 0 spiro atoms. The Morgan fingerprint density at radius 3 is 2.66 bits per heavy atom. The van der Waals surface area contributed by atoms with Crippen molar-refractivity contribution in [3.05, 3.63) is 54.2 Å². The molecule has 1 atom stereocenters. The molecule has 0 fully saturated rings. The Hall–Kier alpha value is -3.81. The second kappa shape index (κ2) is 7.31. The molecule has 3 aromatic rings. The summed E-state index contributed by atoms with van der Waals surface area (Å²) in [7, 11) is 3.26. The lowest BCUT2D eigenvalue weighted by atomic mass is 10.1. The number of amides is 2. The van der Waals surface area contributed by atoms with Crippen molar-refractivity contribution in [3.63, 3.8) is 0 Å². The maximum atomic E-state index is 12.6. The van der Waals surface area contributed by atoms with Crippen LogP contribution in [-0.2, 0) is 4.79 Å². The van der Waals surface area contributed by atoms with E-state index >= 15 is 0 Å². The van der Waals surface area contributed by atoms with Gasteiger partial charge in [0.2, 0.25) is 0 Å². The highest BCUT2D eigenvalue weighted by Crippen LogP contribution is 2.35. The van der Waals surface area contributed by atoms with Crippen LogP contribution in [0.2, 0.25) is 0 Å². The van der Waals surface area contributed by atoms with Gasteiger partial charge in [-0.2, -0.15) is 0 Å². The van der Waals surface area contributed by atoms with Gasteiger partial charge in [0.1, 0.15) is 11.5 Å². The molecule has 148 valence electrons. The zero-order chi connectivity index (χ0) is 20.5. The molecule has 4 rings (SSSR count). The van der Waals surface area contributed by atoms with Crippen LogP contribution in [0.5, 0.6) is 11.5 Å². The van der Waals surface area contributed by atoms with Crippen molar-refractivity contribution < 1.29 is 23.6 Å².